The number of rotatable bonds is 16. The molecule has 1 amide bonds. The van der Waals surface area contributed by atoms with Crippen LogP contribution in [0.15, 0.2) is 24.3 Å². The van der Waals surface area contributed by atoms with Crippen molar-refractivity contribution in [2.24, 2.45) is 11.8 Å². The van der Waals surface area contributed by atoms with Crippen LogP contribution in [0.4, 0.5) is 0 Å². The molecule has 5 nitrogen and oxygen atoms in total. The molecule has 0 aromatic heterocycles. The molecule has 0 bridgehead atoms. The summed E-state index contributed by atoms with van der Waals surface area (Å²) in [5.41, 5.74) is 0. The lowest BCUT2D eigenvalue weighted by atomic mass is 9.89. The zero-order valence-electron chi connectivity index (χ0n) is 18.4. The van der Waals surface area contributed by atoms with Crippen LogP contribution in [-0.2, 0) is 9.59 Å². The molecule has 0 saturated heterocycles. The standard InChI is InChI=1S/C24H41NO4/c1-3-5-8-12-21(27)15-16-22-20(14-17-23(22)28)11-9-6-7-10-13-24(29)25(4-2)18-19-26/h14-17,20-22,26-27H,3-13,18-19H2,1-2H3/b16-15+/t20-,21+,22+/m0/s1. The predicted molar refractivity (Wildman–Crippen MR) is 117 cm³/mol. The van der Waals surface area contributed by atoms with Crippen molar-refractivity contribution in [1.29, 1.82) is 0 Å². The summed E-state index contributed by atoms with van der Waals surface area (Å²) in [7, 11) is 0. The second-order valence-corrected chi connectivity index (χ2v) is 8.05. The number of hydrogen-bond acceptors (Lipinski definition) is 4. The molecule has 3 atom stereocenters. The molecule has 2 N–H and O–H groups in total. The molecular weight excluding hydrogens is 366 g/mol. The number of allylic oxidation sites excluding steroid dienone is 3. The highest BCUT2D eigenvalue weighted by molar-refractivity contribution is 5.95. The first kappa shape index (κ1) is 25.6. The quantitative estimate of drug-likeness (QED) is 0.299. The van der Waals surface area contributed by atoms with E-state index in [2.05, 4.69) is 6.92 Å². The third-order valence-electron chi connectivity index (χ3n) is 5.72. The third-order valence-corrected chi connectivity index (χ3v) is 5.72. The first-order chi connectivity index (χ1) is 14.0. The average molecular weight is 408 g/mol. The van der Waals surface area contributed by atoms with Crippen LogP contribution >= 0.6 is 0 Å². The van der Waals surface area contributed by atoms with Crippen molar-refractivity contribution in [3.8, 4) is 0 Å². The van der Waals surface area contributed by atoms with Gasteiger partial charge in [-0.2, -0.15) is 0 Å². The van der Waals surface area contributed by atoms with E-state index in [4.69, 9.17) is 5.11 Å². The smallest absolute Gasteiger partial charge is 0.222 e. The molecule has 0 aliphatic heterocycles. The Balaban J connectivity index is 2.26. The van der Waals surface area contributed by atoms with Crippen molar-refractivity contribution in [2.45, 2.75) is 84.2 Å². The normalized spacial score (nSPS) is 19.9. The third kappa shape index (κ3) is 10.2. The van der Waals surface area contributed by atoms with Crippen LogP contribution in [0.2, 0.25) is 0 Å². The minimum atomic E-state index is -0.457. The van der Waals surface area contributed by atoms with Gasteiger partial charge < -0.3 is 15.1 Å². The van der Waals surface area contributed by atoms with E-state index in [0.717, 1.165) is 57.8 Å². The van der Waals surface area contributed by atoms with Crippen LogP contribution in [0.25, 0.3) is 0 Å². The van der Waals surface area contributed by atoms with E-state index in [0.29, 0.717) is 19.5 Å². The van der Waals surface area contributed by atoms with Gasteiger partial charge in [-0.15, -0.1) is 0 Å². The summed E-state index contributed by atoms with van der Waals surface area (Å²) in [5, 5.41) is 19.0. The van der Waals surface area contributed by atoms with E-state index in [9.17, 15) is 14.7 Å². The van der Waals surface area contributed by atoms with Crippen molar-refractivity contribution in [2.75, 3.05) is 19.7 Å². The molecule has 5 heteroatoms. The summed E-state index contributed by atoms with van der Waals surface area (Å²) in [6, 6.07) is 0. The van der Waals surface area contributed by atoms with Gasteiger partial charge in [0, 0.05) is 25.4 Å². The lowest BCUT2D eigenvalue weighted by molar-refractivity contribution is -0.131. The molecule has 0 unspecified atom stereocenters. The lowest BCUT2D eigenvalue weighted by Crippen LogP contribution is -2.33. The minimum Gasteiger partial charge on any atom is -0.395 e. The van der Waals surface area contributed by atoms with Gasteiger partial charge in [0.2, 0.25) is 5.91 Å². The number of nitrogens with zero attached hydrogens (tertiary/aromatic N) is 1. The maximum Gasteiger partial charge on any atom is 0.222 e. The highest BCUT2D eigenvalue weighted by Gasteiger charge is 2.27. The summed E-state index contributed by atoms with van der Waals surface area (Å²) >= 11 is 0. The number of ketones is 1. The van der Waals surface area contributed by atoms with Crippen LogP contribution < -0.4 is 0 Å². The molecule has 0 fully saturated rings. The Morgan fingerprint density at radius 1 is 1.17 bits per heavy atom. The Hall–Kier alpha value is -1.46. The predicted octanol–water partition coefficient (Wildman–Crippen LogP) is 4.04. The fourth-order valence-electron chi connectivity index (χ4n) is 3.87. The Morgan fingerprint density at radius 2 is 1.93 bits per heavy atom. The summed E-state index contributed by atoms with van der Waals surface area (Å²) in [4.78, 5) is 25.9. The van der Waals surface area contributed by atoms with Crippen molar-refractivity contribution in [1.82, 2.24) is 4.90 Å². The topological polar surface area (TPSA) is 77.8 Å². The number of unbranched alkanes of at least 4 members (excludes halogenated alkanes) is 5. The van der Waals surface area contributed by atoms with Gasteiger partial charge in [0.1, 0.15) is 0 Å². The van der Waals surface area contributed by atoms with Gasteiger partial charge in [0.25, 0.3) is 0 Å². The van der Waals surface area contributed by atoms with Crippen molar-refractivity contribution >= 4 is 11.7 Å². The van der Waals surface area contributed by atoms with Crippen LogP contribution in [0.5, 0.6) is 0 Å². The fraction of sp³-hybridized carbons (Fsp3) is 0.750. The molecule has 0 aromatic carbocycles. The number of hydrogen-bond donors (Lipinski definition) is 2. The summed E-state index contributed by atoms with van der Waals surface area (Å²) in [5.74, 6) is 0.354. The van der Waals surface area contributed by atoms with E-state index in [-0.39, 0.29) is 30.1 Å². The largest absolute Gasteiger partial charge is 0.395 e. The Morgan fingerprint density at radius 3 is 2.62 bits per heavy atom. The number of aliphatic hydroxyl groups excluding tert-OH is 2. The molecule has 29 heavy (non-hydrogen) atoms. The second-order valence-electron chi connectivity index (χ2n) is 8.05. The average Bonchev–Trinajstić information content (AvgIpc) is 3.06. The van der Waals surface area contributed by atoms with E-state index in [1.54, 1.807) is 17.1 Å². The zero-order chi connectivity index (χ0) is 21.5. The molecule has 0 radical (unpaired) electrons. The Bertz CT molecular complexity index is 529. The number of aliphatic hydroxyl groups is 2. The van der Waals surface area contributed by atoms with Crippen molar-refractivity contribution in [3.63, 3.8) is 0 Å². The molecule has 166 valence electrons. The molecule has 1 aliphatic rings. The highest BCUT2D eigenvalue weighted by Crippen LogP contribution is 2.29. The molecular formula is C24H41NO4. The van der Waals surface area contributed by atoms with Crippen LogP contribution in [-0.4, -0.2) is 52.6 Å². The van der Waals surface area contributed by atoms with Crippen LogP contribution in [0.1, 0.15) is 78.1 Å². The van der Waals surface area contributed by atoms with Gasteiger partial charge in [-0.05, 0) is 38.2 Å². The summed E-state index contributed by atoms with van der Waals surface area (Å²) in [6.45, 7) is 5.14. The van der Waals surface area contributed by atoms with Crippen molar-refractivity contribution in [3.05, 3.63) is 24.3 Å². The van der Waals surface area contributed by atoms with Gasteiger partial charge in [-0.25, -0.2) is 0 Å². The minimum absolute atomic E-state index is 0.0125. The first-order valence-corrected chi connectivity index (χ1v) is 11.5. The molecule has 0 aromatic rings. The summed E-state index contributed by atoms with van der Waals surface area (Å²) in [6.07, 6.45) is 16.4. The highest BCUT2D eigenvalue weighted by atomic mass is 16.3. The van der Waals surface area contributed by atoms with E-state index < -0.39 is 6.10 Å². The van der Waals surface area contributed by atoms with E-state index in [1.807, 2.05) is 19.1 Å². The van der Waals surface area contributed by atoms with Gasteiger partial charge in [-0.1, -0.05) is 63.7 Å². The number of amides is 1. The Labute approximate surface area is 176 Å². The SMILES string of the molecule is CCCCC[C@@H](O)/C=C/[C@H]1C(=O)C=C[C@@H]1CCCCCCC(=O)N(CC)CCO. The van der Waals surface area contributed by atoms with Gasteiger partial charge in [0.15, 0.2) is 5.78 Å². The monoisotopic (exact) mass is 407 g/mol. The Kier molecular flexibility index (Phi) is 13.6. The van der Waals surface area contributed by atoms with E-state index in [1.165, 1.54) is 0 Å². The lowest BCUT2D eigenvalue weighted by Gasteiger charge is -2.19. The number of likely N-dealkylation sites (N-methyl/N-ethyl adjacent to an activating group) is 1. The summed E-state index contributed by atoms with van der Waals surface area (Å²) < 4.78 is 0. The molecule has 0 saturated carbocycles. The molecule has 0 spiro atoms. The van der Waals surface area contributed by atoms with Crippen LogP contribution in [0, 0.1) is 11.8 Å². The van der Waals surface area contributed by atoms with Gasteiger partial charge in [-0.3, -0.25) is 9.59 Å². The molecule has 1 aliphatic carbocycles. The zero-order valence-corrected chi connectivity index (χ0v) is 18.4. The molecule has 0 heterocycles. The van der Waals surface area contributed by atoms with Gasteiger partial charge >= 0.3 is 0 Å². The maximum absolute atomic E-state index is 12.1. The molecule has 1 rings (SSSR count). The van der Waals surface area contributed by atoms with Crippen molar-refractivity contribution < 1.29 is 19.8 Å². The fourth-order valence-corrected chi connectivity index (χ4v) is 3.87. The maximum atomic E-state index is 12.1. The van der Waals surface area contributed by atoms with E-state index >= 15 is 0 Å². The number of carbonyl (C=O) groups is 2. The van der Waals surface area contributed by atoms with Gasteiger partial charge in [0.05, 0.1) is 12.7 Å². The first-order valence-electron chi connectivity index (χ1n) is 11.5. The number of carbonyl (C=O) groups excluding carboxylic acids is 2. The second kappa shape index (κ2) is 15.4. The van der Waals surface area contributed by atoms with Crippen LogP contribution in [0.3, 0.4) is 0 Å².